The van der Waals surface area contributed by atoms with Crippen LogP contribution in [0.25, 0.3) is 0 Å². The molecule has 116 valence electrons. The van der Waals surface area contributed by atoms with Crippen molar-refractivity contribution >= 4 is 12.1 Å². The van der Waals surface area contributed by atoms with E-state index < -0.39 is 0 Å². The van der Waals surface area contributed by atoms with Gasteiger partial charge in [0, 0.05) is 12.3 Å². The lowest BCUT2D eigenvalue weighted by atomic mass is 10.0. The van der Waals surface area contributed by atoms with Crippen LogP contribution < -0.4 is 5.43 Å². The highest BCUT2D eigenvalue weighted by molar-refractivity contribution is 5.78. The summed E-state index contributed by atoms with van der Waals surface area (Å²) in [6.45, 7) is 2.54. The second-order valence-electron chi connectivity index (χ2n) is 6.17. The SMILES string of the molecule is N#CCC(=O)N/N=C/C1CCCC(N2CCCCC2)CC1. The first-order valence-corrected chi connectivity index (χ1v) is 8.22. The van der Waals surface area contributed by atoms with Gasteiger partial charge in [-0.2, -0.15) is 10.4 Å². The normalized spacial score (nSPS) is 28.0. The van der Waals surface area contributed by atoms with Crippen molar-refractivity contribution in [3.63, 3.8) is 0 Å². The molecule has 1 heterocycles. The Labute approximate surface area is 127 Å². The summed E-state index contributed by atoms with van der Waals surface area (Å²) in [5, 5.41) is 12.4. The van der Waals surface area contributed by atoms with Crippen LogP contribution in [0.2, 0.25) is 0 Å². The molecule has 2 rings (SSSR count). The Balaban J connectivity index is 1.74. The third-order valence-corrected chi connectivity index (χ3v) is 4.60. The first kappa shape index (κ1) is 16.0. The lowest BCUT2D eigenvalue weighted by Crippen LogP contribution is -2.38. The number of rotatable bonds is 4. The van der Waals surface area contributed by atoms with Crippen LogP contribution in [0.15, 0.2) is 5.10 Å². The van der Waals surface area contributed by atoms with E-state index in [1.807, 2.05) is 12.3 Å². The van der Waals surface area contributed by atoms with Gasteiger partial charge in [0.15, 0.2) is 0 Å². The number of amides is 1. The number of carbonyl (C=O) groups is 1. The summed E-state index contributed by atoms with van der Waals surface area (Å²) in [4.78, 5) is 13.8. The van der Waals surface area contributed by atoms with E-state index in [1.165, 1.54) is 51.6 Å². The number of carbonyl (C=O) groups excluding carboxylic acids is 1. The molecular weight excluding hydrogens is 264 g/mol. The minimum absolute atomic E-state index is 0.126. The van der Waals surface area contributed by atoms with Crippen LogP contribution in [0, 0.1) is 17.2 Å². The predicted octanol–water partition coefficient (Wildman–Crippen LogP) is 2.44. The zero-order chi connectivity index (χ0) is 14.9. The van der Waals surface area contributed by atoms with Crippen molar-refractivity contribution in [1.82, 2.24) is 10.3 Å². The van der Waals surface area contributed by atoms with Gasteiger partial charge in [-0.15, -0.1) is 0 Å². The van der Waals surface area contributed by atoms with Crippen molar-refractivity contribution in [3.8, 4) is 6.07 Å². The number of hydrazone groups is 1. The molecule has 1 saturated carbocycles. The smallest absolute Gasteiger partial charge is 0.254 e. The third kappa shape index (κ3) is 5.47. The van der Waals surface area contributed by atoms with Crippen LogP contribution in [-0.2, 0) is 4.79 Å². The maximum Gasteiger partial charge on any atom is 0.254 e. The van der Waals surface area contributed by atoms with Crippen LogP contribution in [0.3, 0.4) is 0 Å². The number of nitrogens with zero attached hydrogens (tertiary/aromatic N) is 3. The molecule has 1 N–H and O–H groups in total. The third-order valence-electron chi connectivity index (χ3n) is 4.60. The van der Waals surface area contributed by atoms with E-state index in [0.29, 0.717) is 5.92 Å². The van der Waals surface area contributed by atoms with Crippen molar-refractivity contribution < 1.29 is 4.79 Å². The Morgan fingerprint density at radius 1 is 1.19 bits per heavy atom. The molecule has 1 aliphatic carbocycles. The van der Waals surface area contributed by atoms with Gasteiger partial charge in [0.2, 0.25) is 0 Å². The van der Waals surface area contributed by atoms with E-state index in [2.05, 4.69) is 15.4 Å². The molecule has 2 fully saturated rings. The van der Waals surface area contributed by atoms with Gasteiger partial charge in [0.25, 0.3) is 5.91 Å². The first-order valence-electron chi connectivity index (χ1n) is 8.22. The largest absolute Gasteiger partial charge is 0.300 e. The molecule has 1 amide bonds. The number of nitriles is 1. The highest BCUT2D eigenvalue weighted by Gasteiger charge is 2.24. The van der Waals surface area contributed by atoms with Gasteiger partial charge in [-0.3, -0.25) is 4.79 Å². The average Bonchev–Trinajstić information content (AvgIpc) is 2.74. The molecule has 2 atom stereocenters. The van der Waals surface area contributed by atoms with Crippen LogP contribution in [0.4, 0.5) is 0 Å². The van der Waals surface area contributed by atoms with Crippen molar-refractivity contribution in [2.45, 2.75) is 63.8 Å². The van der Waals surface area contributed by atoms with E-state index in [-0.39, 0.29) is 12.3 Å². The second kappa shape index (κ2) is 8.78. The highest BCUT2D eigenvalue weighted by atomic mass is 16.2. The summed E-state index contributed by atoms with van der Waals surface area (Å²) in [6.07, 6.45) is 11.9. The summed E-state index contributed by atoms with van der Waals surface area (Å²) >= 11 is 0. The van der Waals surface area contributed by atoms with Gasteiger partial charge in [0.05, 0.1) is 6.07 Å². The topological polar surface area (TPSA) is 68.5 Å². The van der Waals surface area contributed by atoms with E-state index in [0.717, 1.165) is 18.9 Å². The monoisotopic (exact) mass is 290 g/mol. The molecule has 0 spiro atoms. The standard InChI is InChI=1S/C16H26N4O/c17-10-9-16(21)19-18-13-14-5-4-6-15(8-7-14)20-11-2-1-3-12-20/h13-15H,1-9,11-12H2,(H,19,21)/b18-13+. The minimum Gasteiger partial charge on any atom is -0.300 e. The molecule has 2 unspecified atom stereocenters. The van der Waals surface area contributed by atoms with Crippen molar-refractivity contribution in [3.05, 3.63) is 0 Å². The van der Waals surface area contributed by atoms with Crippen LogP contribution >= 0.6 is 0 Å². The maximum atomic E-state index is 11.2. The van der Waals surface area contributed by atoms with Gasteiger partial charge in [-0.1, -0.05) is 12.8 Å². The molecule has 1 aliphatic heterocycles. The summed E-state index contributed by atoms with van der Waals surface area (Å²) < 4.78 is 0. The zero-order valence-electron chi connectivity index (χ0n) is 12.8. The molecule has 0 aromatic carbocycles. The number of hydrogen-bond acceptors (Lipinski definition) is 4. The molecule has 0 radical (unpaired) electrons. The molecule has 0 aromatic rings. The molecule has 2 aliphatic rings. The van der Waals surface area contributed by atoms with E-state index in [1.54, 1.807) is 0 Å². The van der Waals surface area contributed by atoms with Crippen LogP contribution in [0.1, 0.15) is 57.8 Å². The Morgan fingerprint density at radius 2 is 2.00 bits per heavy atom. The maximum absolute atomic E-state index is 11.2. The van der Waals surface area contributed by atoms with Crippen LogP contribution in [-0.4, -0.2) is 36.2 Å². The molecule has 1 saturated heterocycles. The van der Waals surface area contributed by atoms with Gasteiger partial charge in [0.1, 0.15) is 6.42 Å². The molecule has 21 heavy (non-hydrogen) atoms. The Hall–Kier alpha value is -1.41. The number of likely N-dealkylation sites (tertiary alicyclic amines) is 1. The van der Waals surface area contributed by atoms with Crippen LogP contribution in [0.5, 0.6) is 0 Å². The summed E-state index contributed by atoms with van der Waals surface area (Å²) in [6, 6.07) is 2.56. The van der Waals surface area contributed by atoms with Crippen molar-refractivity contribution in [2.24, 2.45) is 11.0 Å². The molecule has 5 heteroatoms. The molecular formula is C16H26N4O. The quantitative estimate of drug-likeness (QED) is 0.491. The second-order valence-corrected chi connectivity index (χ2v) is 6.17. The first-order chi connectivity index (χ1) is 10.3. The van der Waals surface area contributed by atoms with E-state index in [9.17, 15) is 4.79 Å². The highest BCUT2D eigenvalue weighted by Crippen LogP contribution is 2.27. The predicted molar refractivity (Wildman–Crippen MR) is 82.7 cm³/mol. The molecule has 0 bridgehead atoms. The number of hydrogen-bond donors (Lipinski definition) is 1. The number of nitrogens with one attached hydrogen (secondary N) is 1. The van der Waals surface area contributed by atoms with Gasteiger partial charge in [-0.25, -0.2) is 5.43 Å². The zero-order valence-corrected chi connectivity index (χ0v) is 12.8. The van der Waals surface area contributed by atoms with Gasteiger partial charge < -0.3 is 4.90 Å². The van der Waals surface area contributed by atoms with E-state index in [4.69, 9.17) is 5.26 Å². The average molecular weight is 290 g/mol. The number of piperidine rings is 1. The Morgan fingerprint density at radius 3 is 2.76 bits per heavy atom. The van der Waals surface area contributed by atoms with Gasteiger partial charge in [-0.05, 0) is 57.5 Å². The lowest BCUT2D eigenvalue weighted by Gasteiger charge is -2.34. The van der Waals surface area contributed by atoms with Crippen molar-refractivity contribution in [2.75, 3.05) is 13.1 Å². The Bertz CT molecular complexity index is 396. The summed E-state index contributed by atoms with van der Waals surface area (Å²) in [7, 11) is 0. The van der Waals surface area contributed by atoms with E-state index >= 15 is 0 Å². The Kier molecular flexibility index (Phi) is 6.68. The molecule has 0 aromatic heterocycles. The summed E-state index contributed by atoms with van der Waals surface area (Å²) in [5.74, 6) is 0.135. The molecule has 5 nitrogen and oxygen atoms in total. The van der Waals surface area contributed by atoms with Gasteiger partial charge >= 0.3 is 0 Å². The lowest BCUT2D eigenvalue weighted by molar-refractivity contribution is -0.120. The fraction of sp³-hybridized carbons (Fsp3) is 0.812. The fourth-order valence-electron chi connectivity index (χ4n) is 3.43. The minimum atomic E-state index is -0.325. The van der Waals surface area contributed by atoms with Crippen molar-refractivity contribution in [1.29, 1.82) is 5.26 Å². The summed E-state index contributed by atoms with van der Waals surface area (Å²) in [5.41, 5.74) is 2.42. The fourth-order valence-corrected chi connectivity index (χ4v) is 3.43.